The lowest BCUT2D eigenvalue weighted by Crippen LogP contribution is -2.15. The molecule has 1 fully saturated rings. The molecule has 0 aromatic carbocycles. The van der Waals surface area contributed by atoms with Gasteiger partial charge >= 0.3 is 0 Å². The van der Waals surface area contributed by atoms with Gasteiger partial charge in [-0.15, -0.1) is 0 Å². The van der Waals surface area contributed by atoms with E-state index >= 15 is 0 Å². The van der Waals surface area contributed by atoms with Gasteiger partial charge in [-0.25, -0.2) is 9.97 Å². The number of aromatic nitrogens is 5. The van der Waals surface area contributed by atoms with E-state index in [9.17, 15) is 0 Å². The predicted molar refractivity (Wildman–Crippen MR) is 107 cm³/mol. The molecule has 1 saturated carbocycles. The van der Waals surface area contributed by atoms with Gasteiger partial charge in [-0.05, 0) is 43.5 Å². The van der Waals surface area contributed by atoms with Crippen LogP contribution in [0.4, 0.5) is 5.82 Å². The summed E-state index contributed by atoms with van der Waals surface area (Å²) in [6.45, 7) is 2.10. The van der Waals surface area contributed by atoms with Crippen molar-refractivity contribution in [3.63, 3.8) is 0 Å². The molecule has 4 heterocycles. The Morgan fingerprint density at radius 2 is 2.07 bits per heavy atom. The van der Waals surface area contributed by atoms with Crippen LogP contribution in [-0.2, 0) is 0 Å². The fourth-order valence-corrected chi connectivity index (χ4v) is 3.95. The highest BCUT2D eigenvalue weighted by Crippen LogP contribution is 2.28. The van der Waals surface area contributed by atoms with E-state index in [-0.39, 0.29) is 0 Å². The summed E-state index contributed by atoms with van der Waals surface area (Å²) in [6, 6.07) is 8.80. The third-order valence-electron chi connectivity index (χ3n) is 5.38. The molecule has 4 aromatic rings. The van der Waals surface area contributed by atoms with Crippen molar-refractivity contribution in [2.24, 2.45) is 0 Å². The van der Waals surface area contributed by atoms with E-state index in [2.05, 4.69) is 50.2 Å². The molecule has 2 N–H and O–H groups in total. The van der Waals surface area contributed by atoms with Gasteiger partial charge in [0.1, 0.15) is 11.5 Å². The summed E-state index contributed by atoms with van der Waals surface area (Å²) in [6.07, 6.45) is 12.8. The first kappa shape index (κ1) is 16.1. The maximum Gasteiger partial charge on any atom is 0.137 e. The molecule has 0 amide bonds. The summed E-state index contributed by atoms with van der Waals surface area (Å²) in [5.41, 5.74) is 6.21. The summed E-state index contributed by atoms with van der Waals surface area (Å²) in [7, 11) is 0. The van der Waals surface area contributed by atoms with E-state index in [4.69, 9.17) is 4.98 Å². The number of hydrogen-bond acceptors (Lipinski definition) is 4. The average Bonchev–Trinajstić information content (AvgIpc) is 3.43. The molecule has 1 aliphatic rings. The van der Waals surface area contributed by atoms with Gasteiger partial charge in [0.25, 0.3) is 0 Å². The van der Waals surface area contributed by atoms with Gasteiger partial charge in [0.05, 0.1) is 23.8 Å². The van der Waals surface area contributed by atoms with Crippen molar-refractivity contribution < 1.29 is 0 Å². The molecule has 4 aromatic heterocycles. The predicted octanol–water partition coefficient (Wildman–Crippen LogP) is 4.45. The zero-order chi connectivity index (χ0) is 18.2. The van der Waals surface area contributed by atoms with Gasteiger partial charge in [-0.1, -0.05) is 18.9 Å². The number of hydrogen-bond donors (Lipinski definition) is 2. The molecule has 0 atom stereocenters. The van der Waals surface area contributed by atoms with E-state index in [1.165, 1.54) is 31.2 Å². The molecule has 1 aliphatic carbocycles. The molecule has 6 heteroatoms. The molecule has 0 aliphatic heterocycles. The largest absolute Gasteiger partial charge is 0.367 e. The number of imidazole rings is 1. The van der Waals surface area contributed by atoms with Crippen molar-refractivity contribution >= 4 is 11.5 Å². The Morgan fingerprint density at radius 3 is 2.89 bits per heavy atom. The summed E-state index contributed by atoms with van der Waals surface area (Å²) < 4.78 is 2.11. The number of pyridine rings is 2. The van der Waals surface area contributed by atoms with E-state index in [0.29, 0.717) is 6.04 Å². The Morgan fingerprint density at radius 1 is 1.19 bits per heavy atom. The molecule has 0 spiro atoms. The minimum atomic E-state index is 0.547. The molecule has 0 radical (unpaired) electrons. The van der Waals surface area contributed by atoms with Crippen molar-refractivity contribution in [1.29, 1.82) is 0 Å². The third kappa shape index (κ3) is 2.97. The van der Waals surface area contributed by atoms with Crippen LogP contribution < -0.4 is 5.32 Å². The van der Waals surface area contributed by atoms with Gasteiger partial charge in [0.2, 0.25) is 0 Å². The average molecular weight is 358 g/mol. The van der Waals surface area contributed by atoms with Crippen LogP contribution in [0.25, 0.3) is 28.2 Å². The summed E-state index contributed by atoms with van der Waals surface area (Å²) >= 11 is 0. The normalized spacial score (nSPS) is 14.9. The van der Waals surface area contributed by atoms with E-state index in [1.54, 1.807) is 0 Å². The number of nitrogens with one attached hydrogen (secondary N) is 2. The van der Waals surface area contributed by atoms with Crippen LogP contribution in [0.1, 0.15) is 31.2 Å². The van der Waals surface area contributed by atoms with Crippen molar-refractivity contribution in [2.45, 2.75) is 38.6 Å². The van der Waals surface area contributed by atoms with Crippen LogP contribution in [0.15, 0.2) is 49.1 Å². The minimum absolute atomic E-state index is 0.547. The molecule has 0 saturated heterocycles. The summed E-state index contributed by atoms with van der Waals surface area (Å²) in [4.78, 5) is 9.44. The molecule has 0 bridgehead atoms. The first-order valence-electron chi connectivity index (χ1n) is 9.49. The van der Waals surface area contributed by atoms with Gasteiger partial charge < -0.3 is 5.32 Å². The Bertz CT molecular complexity index is 1070. The van der Waals surface area contributed by atoms with Crippen molar-refractivity contribution in [3.05, 3.63) is 54.6 Å². The first-order valence-corrected chi connectivity index (χ1v) is 9.49. The SMILES string of the molecule is Cc1cc2ncc(-c3cccc(NC4CCCC4)n3)n2cc1-c1cn[nH]c1. The van der Waals surface area contributed by atoms with Crippen LogP contribution in [0.5, 0.6) is 0 Å². The number of nitrogens with zero attached hydrogens (tertiary/aromatic N) is 4. The Balaban J connectivity index is 1.56. The number of H-pyrrole nitrogens is 1. The number of rotatable bonds is 4. The molecule has 0 unspecified atom stereocenters. The maximum atomic E-state index is 4.85. The monoisotopic (exact) mass is 358 g/mol. The van der Waals surface area contributed by atoms with Crippen LogP contribution in [0, 0.1) is 6.92 Å². The van der Waals surface area contributed by atoms with Gasteiger partial charge in [-0.2, -0.15) is 5.10 Å². The zero-order valence-corrected chi connectivity index (χ0v) is 15.3. The molecular weight excluding hydrogens is 336 g/mol. The number of aryl methyl sites for hydroxylation is 1. The van der Waals surface area contributed by atoms with Crippen molar-refractivity contribution in [3.8, 4) is 22.5 Å². The second-order valence-corrected chi connectivity index (χ2v) is 7.26. The quantitative estimate of drug-likeness (QED) is 0.565. The van der Waals surface area contributed by atoms with E-state index < -0.39 is 0 Å². The highest BCUT2D eigenvalue weighted by atomic mass is 15.1. The molecule has 6 nitrogen and oxygen atoms in total. The van der Waals surface area contributed by atoms with Crippen molar-refractivity contribution in [2.75, 3.05) is 5.32 Å². The fourth-order valence-electron chi connectivity index (χ4n) is 3.95. The van der Waals surface area contributed by atoms with Crippen LogP contribution >= 0.6 is 0 Å². The van der Waals surface area contributed by atoms with Gasteiger partial charge in [0, 0.05) is 29.6 Å². The second-order valence-electron chi connectivity index (χ2n) is 7.26. The standard InChI is InChI=1S/C21H22N6/c1-14-9-21-22-12-19(27(21)13-17(14)15-10-23-24-11-15)18-7-4-8-20(26-18)25-16-5-2-3-6-16/h4,7-13,16H,2-3,5-6H2,1H3,(H,23,24)(H,25,26). The lowest BCUT2D eigenvalue weighted by atomic mass is 10.1. The lowest BCUT2D eigenvalue weighted by molar-refractivity contribution is 0.751. The minimum Gasteiger partial charge on any atom is -0.367 e. The van der Waals surface area contributed by atoms with E-state index in [1.807, 2.05) is 30.7 Å². The second kappa shape index (κ2) is 6.54. The highest BCUT2D eigenvalue weighted by molar-refractivity contribution is 5.70. The number of fused-ring (bicyclic) bond motifs is 1. The Hall–Kier alpha value is -3.15. The number of aromatic amines is 1. The Kier molecular flexibility index (Phi) is 3.89. The highest BCUT2D eigenvalue weighted by Gasteiger charge is 2.16. The number of anilines is 1. The third-order valence-corrected chi connectivity index (χ3v) is 5.38. The van der Waals surface area contributed by atoms with Gasteiger partial charge in [0.15, 0.2) is 0 Å². The topological polar surface area (TPSA) is 70.9 Å². The van der Waals surface area contributed by atoms with E-state index in [0.717, 1.165) is 34.0 Å². The molecule has 5 rings (SSSR count). The molecular formula is C21H22N6. The molecule has 27 heavy (non-hydrogen) atoms. The fraction of sp³-hybridized carbons (Fsp3) is 0.286. The molecule has 136 valence electrons. The van der Waals surface area contributed by atoms with Crippen LogP contribution in [0.3, 0.4) is 0 Å². The van der Waals surface area contributed by atoms with Crippen molar-refractivity contribution in [1.82, 2.24) is 24.6 Å². The van der Waals surface area contributed by atoms with Gasteiger partial charge in [-0.3, -0.25) is 9.50 Å². The summed E-state index contributed by atoms with van der Waals surface area (Å²) in [5.74, 6) is 0.941. The maximum absolute atomic E-state index is 4.85. The van der Waals surface area contributed by atoms with Crippen LogP contribution in [-0.4, -0.2) is 30.6 Å². The Labute approximate surface area is 157 Å². The lowest BCUT2D eigenvalue weighted by Gasteiger charge is -2.13. The summed E-state index contributed by atoms with van der Waals surface area (Å²) in [5, 5.41) is 10.5. The first-order chi connectivity index (χ1) is 13.3. The zero-order valence-electron chi connectivity index (χ0n) is 15.3. The smallest absolute Gasteiger partial charge is 0.137 e. The van der Waals surface area contributed by atoms with Crippen LogP contribution in [0.2, 0.25) is 0 Å².